The minimum Gasteiger partial charge on any atom is -0.261 e. The largest absolute Gasteiger partial charge is 0.261 e. The van der Waals surface area contributed by atoms with Gasteiger partial charge in [0.1, 0.15) is 0 Å². The zero-order valence-electron chi connectivity index (χ0n) is 10.8. The van der Waals surface area contributed by atoms with Crippen LogP contribution in [0, 0.1) is 6.42 Å². The van der Waals surface area contributed by atoms with Crippen molar-refractivity contribution in [3.63, 3.8) is 0 Å². The molecule has 0 atom stereocenters. The van der Waals surface area contributed by atoms with Crippen molar-refractivity contribution in [1.82, 2.24) is 4.98 Å². The van der Waals surface area contributed by atoms with E-state index in [1.54, 1.807) is 0 Å². The van der Waals surface area contributed by atoms with Gasteiger partial charge >= 0.3 is 0 Å². The first-order chi connectivity index (χ1) is 8.95. The first kappa shape index (κ1) is 12.8. The Kier molecular flexibility index (Phi) is 5.45. The molecule has 18 heavy (non-hydrogen) atoms. The fourth-order valence-corrected chi connectivity index (χ4v) is 2.04. The van der Waals surface area contributed by atoms with Crippen LogP contribution < -0.4 is 0 Å². The molecule has 0 unspecified atom stereocenters. The van der Waals surface area contributed by atoms with Gasteiger partial charge in [-0.1, -0.05) is 36.4 Å². The van der Waals surface area contributed by atoms with Crippen molar-refractivity contribution in [3.8, 4) is 0 Å². The van der Waals surface area contributed by atoms with E-state index in [0.717, 1.165) is 12.8 Å². The molecule has 1 heterocycles. The Balaban J connectivity index is 1.54. The van der Waals surface area contributed by atoms with Gasteiger partial charge in [-0.3, -0.25) is 4.98 Å². The van der Waals surface area contributed by atoms with Crippen LogP contribution in [0.5, 0.6) is 0 Å². The second-order valence-electron chi connectivity index (χ2n) is 4.53. The summed E-state index contributed by atoms with van der Waals surface area (Å²) >= 11 is 0. The maximum atomic E-state index is 4.32. The lowest BCUT2D eigenvalue weighted by molar-refractivity contribution is 0.754. The van der Waals surface area contributed by atoms with Crippen LogP contribution in [0.2, 0.25) is 0 Å². The lowest BCUT2D eigenvalue weighted by Crippen LogP contribution is -1.90. The number of hydrogen-bond acceptors (Lipinski definition) is 1. The van der Waals surface area contributed by atoms with Gasteiger partial charge in [0, 0.05) is 11.9 Å². The van der Waals surface area contributed by atoms with E-state index >= 15 is 0 Å². The Morgan fingerprint density at radius 1 is 0.833 bits per heavy atom. The number of aryl methyl sites for hydroxylation is 2. The predicted molar refractivity (Wildman–Crippen MR) is 76.2 cm³/mol. The van der Waals surface area contributed by atoms with Gasteiger partial charge < -0.3 is 0 Å². The van der Waals surface area contributed by atoms with Crippen LogP contribution in [0.25, 0.3) is 0 Å². The summed E-state index contributed by atoms with van der Waals surface area (Å²) < 4.78 is 0. The summed E-state index contributed by atoms with van der Waals surface area (Å²) in [5, 5.41) is 0. The Hall–Kier alpha value is -1.63. The number of pyridine rings is 1. The fourth-order valence-electron chi connectivity index (χ4n) is 2.04. The highest BCUT2D eigenvalue weighted by molar-refractivity contribution is 5.14. The number of nitrogens with zero attached hydrogens (tertiary/aromatic N) is 1. The van der Waals surface area contributed by atoms with Crippen molar-refractivity contribution in [1.29, 1.82) is 0 Å². The van der Waals surface area contributed by atoms with Crippen molar-refractivity contribution in [2.75, 3.05) is 0 Å². The maximum Gasteiger partial charge on any atom is 0.0403 e. The number of hydrogen-bond donors (Lipinski definition) is 0. The lowest BCUT2D eigenvalue weighted by atomic mass is 10.0. The van der Waals surface area contributed by atoms with Gasteiger partial charge in [0.25, 0.3) is 0 Å². The standard InChI is InChI=1S/C17H20N/c1(4-10-16-11-5-3-6-12-16)2-7-13-17-14-8-9-15-18-17/h2-3,5-6,8-9,11-12,14-15H,1,4,7,10,13H2. The van der Waals surface area contributed by atoms with Gasteiger partial charge in [-0.25, -0.2) is 0 Å². The molecule has 0 fully saturated rings. The molecule has 93 valence electrons. The van der Waals surface area contributed by atoms with Crippen LogP contribution in [0.15, 0.2) is 54.7 Å². The molecule has 0 aliphatic heterocycles. The molecule has 0 spiro atoms. The Bertz CT molecular complexity index is 378. The van der Waals surface area contributed by atoms with E-state index in [9.17, 15) is 0 Å². The molecule has 1 aromatic carbocycles. The minimum absolute atomic E-state index is 1.06. The van der Waals surface area contributed by atoms with E-state index in [4.69, 9.17) is 0 Å². The summed E-state index contributed by atoms with van der Waals surface area (Å²) in [6.45, 7) is 0. The molecule has 0 amide bonds. The van der Waals surface area contributed by atoms with Crippen LogP contribution >= 0.6 is 0 Å². The Morgan fingerprint density at radius 3 is 2.44 bits per heavy atom. The van der Waals surface area contributed by atoms with Crippen LogP contribution in [0.4, 0.5) is 0 Å². The van der Waals surface area contributed by atoms with Crippen molar-refractivity contribution in [3.05, 3.63) is 72.4 Å². The number of benzene rings is 1. The quantitative estimate of drug-likeness (QED) is 0.657. The van der Waals surface area contributed by atoms with Crippen LogP contribution in [-0.4, -0.2) is 4.98 Å². The van der Waals surface area contributed by atoms with Gasteiger partial charge in [-0.2, -0.15) is 0 Å². The van der Waals surface area contributed by atoms with E-state index in [0.29, 0.717) is 0 Å². The summed E-state index contributed by atoms with van der Waals surface area (Å²) in [6, 6.07) is 16.8. The molecule has 0 saturated carbocycles. The average Bonchev–Trinajstić information content (AvgIpc) is 2.45. The first-order valence-electron chi connectivity index (χ1n) is 6.70. The second-order valence-corrected chi connectivity index (χ2v) is 4.53. The Labute approximate surface area is 110 Å². The highest BCUT2D eigenvalue weighted by Gasteiger charge is 1.95. The van der Waals surface area contributed by atoms with Gasteiger partial charge in [-0.05, 0) is 56.2 Å². The van der Waals surface area contributed by atoms with Crippen molar-refractivity contribution >= 4 is 0 Å². The molecule has 0 saturated heterocycles. The number of unbranched alkanes of at least 4 members (excludes halogenated alkanes) is 3. The predicted octanol–water partition coefficient (Wildman–Crippen LogP) is 4.24. The molecule has 0 aliphatic carbocycles. The molecule has 0 aliphatic rings. The van der Waals surface area contributed by atoms with E-state index in [1.165, 1.54) is 30.5 Å². The van der Waals surface area contributed by atoms with Gasteiger partial charge in [0.2, 0.25) is 0 Å². The molecule has 1 aromatic heterocycles. The summed E-state index contributed by atoms with van der Waals surface area (Å²) in [5.74, 6) is 0. The normalized spacial score (nSPS) is 10.4. The van der Waals surface area contributed by atoms with Crippen molar-refractivity contribution in [2.24, 2.45) is 0 Å². The highest BCUT2D eigenvalue weighted by atomic mass is 14.7. The lowest BCUT2D eigenvalue weighted by Gasteiger charge is -2.02. The summed E-state index contributed by atoms with van der Waals surface area (Å²) in [4.78, 5) is 4.32. The highest BCUT2D eigenvalue weighted by Crippen LogP contribution is 2.08. The fraction of sp³-hybridized carbons (Fsp3) is 0.294. The van der Waals surface area contributed by atoms with Gasteiger partial charge in [0.15, 0.2) is 0 Å². The Morgan fingerprint density at radius 2 is 1.67 bits per heavy atom. The van der Waals surface area contributed by atoms with E-state index in [1.807, 2.05) is 12.3 Å². The molecule has 1 radical (unpaired) electrons. The molecule has 2 rings (SSSR count). The third kappa shape index (κ3) is 4.70. The van der Waals surface area contributed by atoms with E-state index in [2.05, 4.69) is 53.9 Å². The topological polar surface area (TPSA) is 12.9 Å². The van der Waals surface area contributed by atoms with Crippen molar-refractivity contribution < 1.29 is 0 Å². The first-order valence-corrected chi connectivity index (χ1v) is 6.70. The van der Waals surface area contributed by atoms with Crippen LogP contribution in [0.3, 0.4) is 0 Å². The third-order valence-corrected chi connectivity index (χ3v) is 3.05. The van der Waals surface area contributed by atoms with E-state index < -0.39 is 0 Å². The second kappa shape index (κ2) is 7.65. The molecule has 1 nitrogen and oxygen atoms in total. The molecular formula is C17H20N. The summed E-state index contributed by atoms with van der Waals surface area (Å²) in [6.07, 6.45) is 10.1. The SMILES string of the molecule is [CH](CCCc1ccccc1)CCc1ccccn1. The molecular weight excluding hydrogens is 218 g/mol. The maximum absolute atomic E-state index is 4.32. The number of aromatic nitrogens is 1. The summed E-state index contributed by atoms with van der Waals surface area (Å²) in [5.41, 5.74) is 2.63. The average molecular weight is 238 g/mol. The van der Waals surface area contributed by atoms with Crippen molar-refractivity contribution in [2.45, 2.75) is 32.1 Å². The third-order valence-electron chi connectivity index (χ3n) is 3.05. The zero-order chi connectivity index (χ0) is 12.5. The molecule has 1 heteroatoms. The monoisotopic (exact) mass is 238 g/mol. The van der Waals surface area contributed by atoms with Crippen LogP contribution in [-0.2, 0) is 12.8 Å². The molecule has 2 aromatic rings. The molecule has 0 N–H and O–H groups in total. The van der Waals surface area contributed by atoms with Gasteiger partial charge in [-0.15, -0.1) is 0 Å². The zero-order valence-corrected chi connectivity index (χ0v) is 10.8. The van der Waals surface area contributed by atoms with Gasteiger partial charge in [0.05, 0.1) is 0 Å². The summed E-state index contributed by atoms with van der Waals surface area (Å²) in [7, 11) is 0. The minimum atomic E-state index is 1.06. The smallest absolute Gasteiger partial charge is 0.0403 e. The number of rotatable bonds is 7. The molecule has 0 bridgehead atoms. The van der Waals surface area contributed by atoms with Crippen LogP contribution in [0.1, 0.15) is 30.5 Å². The van der Waals surface area contributed by atoms with E-state index in [-0.39, 0.29) is 0 Å².